The molecule has 20 heavy (non-hydrogen) atoms. The van der Waals surface area contributed by atoms with E-state index < -0.39 is 0 Å². The SMILES string of the molecule is CNCC(C)C(=O)Nc1cc(OC)c(Cl)cc1OC.Cl. The third-order valence-corrected chi connectivity index (χ3v) is 2.99. The van der Waals surface area contributed by atoms with Crippen LogP contribution in [-0.4, -0.2) is 33.7 Å². The van der Waals surface area contributed by atoms with Gasteiger partial charge in [0.05, 0.1) is 24.9 Å². The van der Waals surface area contributed by atoms with Gasteiger partial charge in [-0.2, -0.15) is 0 Å². The Morgan fingerprint density at radius 3 is 2.40 bits per heavy atom. The molecule has 0 aromatic heterocycles. The van der Waals surface area contributed by atoms with E-state index in [1.54, 1.807) is 19.2 Å². The van der Waals surface area contributed by atoms with E-state index in [1.165, 1.54) is 14.2 Å². The van der Waals surface area contributed by atoms with Crippen molar-refractivity contribution in [3.63, 3.8) is 0 Å². The quantitative estimate of drug-likeness (QED) is 0.845. The molecular weight excluding hydrogens is 303 g/mol. The molecule has 1 rings (SSSR count). The molecule has 0 saturated carbocycles. The van der Waals surface area contributed by atoms with Crippen molar-refractivity contribution in [2.24, 2.45) is 5.92 Å². The number of carbonyl (C=O) groups excluding carboxylic acids is 1. The zero-order valence-corrected chi connectivity index (χ0v) is 13.5. The van der Waals surface area contributed by atoms with Gasteiger partial charge in [0.2, 0.25) is 5.91 Å². The second-order valence-corrected chi connectivity index (χ2v) is 4.54. The average molecular weight is 323 g/mol. The van der Waals surface area contributed by atoms with E-state index in [0.29, 0.717) is 28.8 Å². The van der Waals surface area contributed by atoms with Crippen LogP contribution in [0.2, 0.25) is 5.02 Å². The molecule has 1 aromatic rings. The fourth-order valence-corrected chi connectivity index (χ4v) is 1.84. The van der Waals surface area contributed by atoms with Crippen molar-refractivity contribution in [2.45, 2.75) is 6.92 Å². The smallest absolute Gasteiger partial charge is 0.228 e. The van der Waals surface area contributed by atoms with Gasteiger partial charge in [0.1, 0.15) is 11.5 Å². The van der Waals surface area contributed by atoms with Crippen molar-refractivity contribution in [2.75, 3.05) is 33.1 Å². The third kappa shape index (κ3) is 4.74. The van der Waals surface area contributed by atoms with Crippen LogP contribution in [0.5, 0.6) is 11.5 Å². The maximum Gasteiger partial charge on any atom is 0.228 e. The Labute approximate surface area is 130 Å². The molecule has 0 radical (unpaired) electrons. The number of ether oxygens (including phenoxy) is 2. The Balaban J connectivity index is 0.00000361. The summed E-state index contributed by atoms with van der Waals surface area (Å²) in [7, 11) is 4.84. The van der Waals surface area contributed by atoms with Crippen LogP contribution in [0.1, 0.15) is 6.92 Å². The highest BCUT2D eigenvalue weighted by Crippen LogP contribution is 2.35. The number of amides is 1. The molecule has 2 N–H and O–H groups in total. The van der Waals surface area contributed by atoms with Crippen LogP contribution in [-0.2, 0) is 4.79 Å². The molecule has 7 heteroatoms. The van der Waals surface area contributed by atoms with Crippen molar-refractivity contribution >= 4 is 35.6 Å². The third-order valence-electron chi connectivity index (χ3n) is 2.69. The summed E-state index contributed by atoms with van der Waals surface area (Å²) in [5.41, 5.74) is 0.539. The molecule has 1 aromatic carbocycles. The van der Waals surface area contributed by atoms with Gasteiger partial charge >= 0.3 is 0 Å². The Morgan fingerprint density at radius 1 is 1.30 bits per heavy atom. The fourth-order valence-electron chi connectivity index (χ4n) is 1.61. The summed E-state index contributed by atoms with van der Waals surface area (Å²) in [6.07, 6.45) is 0. The largest absolute Gasteiger partial charge is 0.495 e. The first-order chi connectivity index (χ1) is 9.03. The summed E-state index contributed by atoms with van der Waals surface area (Å²) in [5, 5.41) is 6.19. The molecule has 1 unspecified atom stereocenters. The minimum atomic E-state index is -0.156. The molecule has 0 spiro atoms. The molecule has 0 aliphatic carbocycles. The summed E-state index contributed by atoms with van der Waals surface area (Å²) in [6.45, 7) is 2.43. The number of nitrogens with one attached hydrogen (secondary N) is 2. The van der Waals surface area contributed by atoms with E-state index in [-0.39, 0.29) is 24.2 Å². The van der Waals surface area contributed by atoms with E-state index in [0.717, 1.165) is 0 Å². The Morgan fingerprint density at radius 2 is 1.90 bits per heavy atom. The predicted molar refractivity (Wildman–Crippen MR) is 83.5 cm³/mol. The first-order valence-corrected chi connectivity index (χ1v) is 6.28. The van der Waals surface area contributed by atoms with Crippen molar-refractivity contribution in [1.29, 1.82) is 0 Å². The zero-order chi connectivity index (χ0) is 14.4. The van der Waals surface area contributed by atoms with Crippen molar-refractivity contribution in [1.82, 2.24) is 5.32 Å². The maximum absolute atomic E-state index is 12.0. The van der Waals surface area contributed by atoms with E-state index in [1.807, 2.05) is 6.92 Å². The molecule has 1 atom stereocenters. The lowest BCUT2D eigenvalue weighted by Crippen LogP contribution is -2.28. The van der Waals surface area contributed by atoms with Gasteiger partial charge in [0, 0.05) is 24.6 Å². The lowest BCUT2D eigenvalue weighted by atomic mass is 10.1. The number of benzene rings is 1. The van der Waals surface area contributed by atoms with Crippen molar-refractivity contribution in [3.05, 3.63) is 17.2 Å². The van der Waals surface area contributed by atoms with Crippen LogP contribution < -0.4 is 20.1 Å². The number of hydrogen-bond acceptors (Lipinski definition) is 4. The highest BCUT2D eigenvalue weighted by atomic mass is 35.5. The molecule has 0 saturated heterocycles. The monoisotopic (exact) mass is 322 g/mol. The fraction of sp³-hybridized carbons (Fsp3) is 0.462. The Kier molecular flexibility index (Phi) is 8.37. The van der Waals surface area contributed by atoms with Gasteiger partial charge in [0.15, 0.2) is 0 Å². The molecule has 0 heterocycles. The van der Waals surface area contributed by atoms with Gasteiger partial charge in [-0.05, 0) is 7.05 Å². The first-order valence-electron chi connectivity index (χ1n) is 5.90. The van der Waals surface area contributed by atoms with E-state index in [2.05, 4.69) is 10.6 Å². The number of rotatable bonds is 6. The number of methoxy groups -OCH3 is 2. The van der Waals surface area contributed by atoms with Gasteiger partial charge in [-0.15, -0.1) is 12.4 Å². The zero-order valence-electron chi connectivity index (χ0n) is 12.0. The highest BCUT2D eigenvalue weighted by Gasteiger charge is 2.16. The van der Waals surface area contributed by atoms with Crippen LogP contribution in [0.4, 0.5) is 5.69 Å². The Bertz CT molecular complexity index is 455. The number of anilines is 1. The number of carbonyl (C=O) groups is 1. The normalized spacial score (nSPS) is 11.2. The summed E-state index contributed by atoms with van der Waals surface area (Å²) in [6, 6.07) is 3.25. The molecule has 1 amide bonds. The molecule has 5 nitrogen and oxygen atoms in total. The van der Waals surface area contributed by atoms with E-state index >= 15 is 0 Å². The first kappa shape index (κ1) is 18.8. The summed E-state index contributed by atoms with van der Waals surface area (Å²) in [5.74, 6) is 0.725. The molecule has 0 fully saturated rings. The van der Waals surface area contributed by atoms with Gasteiger partial charge < -0.3 is 20.1 Å². The standard InChI is InChI=1S/C13H19ClN2O3.ClH/c1-8(7-15-2)13(17)16-10-6-11(18-3)9(14)5-12(10)19-4;/h5-6,8,15H,7H2,1-4H3,(H,16,17);1H. The summed E-state index contributed by atoms with van der Waals surface area (Å²) in [4.78, 5) is 12.0. The topological polar surface area (TPSA) is 59.6 Å². The molecule has 114 valence electrons. The lowest BCUT2D eigenvalue weighted by molar-refractivity contribution is -0.119. The minimum Gasteiger partial charge on any atom is -0.495 e. The van der Waals surface area contributed by atoms with Crippen LogP contribution in [0, 0.1) is 5.92 Å². The highest BCUT2D eigenvalue weighted by molar-refractivity contribution is 6.32. The van der Waals surface area contributed by atoms with Crippen LogP contribution in [0.3, 0.4) is 0 Å². The number of halogens is 2. The second kappa shape index (κ2) is 8.89. The van der Waals surface area contributed by atoms with Crippen molar-refractivity contribution in [3.8, 4) is 11.5 Å². The van der Waals surface area contributed by atoms with E-state index in [4.69, 9.17) is 21.1 Å². The lowest BCUT2D eigenvalue weighted by Gasteiger charge is -2.15. The van der Waals surface area contributed by atoms with Gasteiger partial charge in [0.25, 0.3) is 0 Å². The predicted octanol–water partition coefficient (Wildman–Crippen LogP) is 2.57. The van der Waals surface area contributed by atoms with Crippen molar-refractivity contribution < 1.29 is 14.3 Å². The van der Waals surface area contributed by atoms with Crippen LogP contribution in [0.25, 0.3) is 0 Å². The van der Waals surface area contributed by atoms with Crippen LogP contribution >= 0.6 is 24.0 Å². The van der Waals surface area contributed by atoms with Crippen LogP contribution in [0.15, 0.2) is 12.1 Å². The van der Waals surface area contributed by atoms with Gasteiger partial charge in [-0.1, -0.05) is 18.5 Å². The second-order valence-electron chi connectivity index (χ2n) is 4.14. The average Bonchev–Trinajstić information content (AvgIpc) is 2.40. The molecule has 0 aliphatic heterocycles. The molecule has 0 bridgehead atoms. The summed E-state index contributed by atoms with van der Waals surface area (Å²) < 4.78 is 10.3. The number of hydrogen-bond donors (Lipinski definition) is 2. The summed E-state index contributed by atoms with van der Waals surface area (Å²) >= 11 is 6.00. The molecule has 0 aliphatic rings. The van der Waals surface area contributed by atoms with Gasteiger partial charge in [-0.3, -0.25) is 4.79 Å². The van der Waals surface area contributed by atoms with E-state index in [9.17, 15) is 4.79 Å². The Hall–Kier alpha value is -1.17. The van der Waals surface area contributed by atoms with Gasteiger partial charge in [-0.25, -0.2) is 0 Å². The maximum atomic E-state index is 12.0. The molecular formula is C13H20Cl2N2O3. The minimum absolute atomic E-state index is 0.